The largest absolute Gasteiger partial charge is 0.494 e. The molecular weight excluding hydrogens is 522 g/mol. The minimum absolute atomic E-state index is 0.0609. The lowest BCUT2D eigenvalue weighted by atomic mass is 10.0. The van der Waals surface area contributed by atoms with E-state index in [1.54, 1.807) is 7.11 Å². The number of nitrogens with zero attached hydrogens (tertiary/aromatic N) is 5. The molecule has 0 saturated carbocycles. The second kappa shape index (κ2) is 12.1. The molecule has 2 aromatic carbocycles. The zero-order valence-corrected chi connectivity index (χ0v) is 23.2. The smallest absolute Gasteiger partial charge is 0.247 e. The van der Waals surface area contributed by atoms with E-state index >= 15 is 0 Å². The minimum Gasteiger partial charge on any atom is -0.494 e. The van der Waals surface area contributed by atoms with Crippen molar-refractivity contribution in [2.75, 3.05) is 73.7 Å². The van der Waals surface area contributed by atoms with E-state index in [1.807, 2.05) is 41.5 Å². The number of aromatic nitrogens is 2. The summed E-state index contributed by atoms with van der Waals surface area (Å²) in [6, 6.07) is 16.5. The Hall–Kier alpha value is -4.19. The molecule has 3 aromatic rings. The molecule has 1 atom stereocenters. The zero-order chi connectivity index (χ0) is 28.2. The Morgan fingerprint density at radius 3 is 2.59 bits per heavy atom. The number of ether oxygens (including phenoxy) is 2. The van der Waals surface area contributed by atoms with Crippen LogP contribution in [0.15, 0.2) is 67.5 Å². The van der Waals surface area contributed by atoms with Gasteiger partial charge in [-0.05, 0) is 17.7 Å². The van der Waals surface area contributed by atoms with Crippen molar-refractivity contribution in [2.24, 2.45) is 0 Å². The molecule has 1 aromatic heterocycles. The van der Waals surface area contributed by atoms with E-state index in [1.165, 1.54) is 18.0 Å². The van der Waals surface area contributed by atoms with Gasteiger partial charge in [-0.3, -0.25) is 14.5 Å². The average molecular weight is 558 g/mol. The fourth-order valence-electron chi connectivity index (χ4n) is 5.49. The first-order chi connectivity index (χ1) is 20.1. The van der Waals surface area contributed by atoms with Gasteiger partial charge in [-0.25, -0.2) is 15.0 Å². The van der Waals surface area contributed by atoms with Crippen LogP contribution in [-0.4, -0.2) is 79.9 Å². The molecule has 0 spiro atoms. The number of carbonyl (C=O) groups excluding carboxylic acids is 1. The monoisotopic (exact) mass is 557 g/mol. The fraction of sp³-hybridized carbons (Fsp3) is 0.367. The molecule has 2 N–H and O–H groups in total. The van der Waals surface area contributed by atoms with Crippen LogP contribution in [0.2, 0.25) is 0 Å². The van der Waals surface area contributed by atoms with Gasteiger partial charge >= 0.3 is 0 Å². The third-order valence-electron chi connectivity index (χ3n) is 7.78. The Bertz CT molecular complexity index is 1380. The average Bonchev–Trinajstić information content (AvgIpc) is 3.48. The number of piperazine rings is 1. The molecule has 4 heterocycles. The summed E-state index contributed by atoms with van der Waals surface area (Å²) in [7, 11) is 1.63. The molecule has 3 aliphatic heterocycles. The molecule has 0 aliphatic carbocycles. The minimum atomic E-state index is -0.282. The number of rotatable bonds is 9. The highest BCUT2D eigenvalue weighted by molar-refractivity contribution is 6.02. The lowest BCUT2D eigenvalue weighted by molar-refractivity contribution is -0.111. The van der Waals surface area contributed by atoms with Gasteiger partial charge in [0.25, 0.3) is 0 Å². The summed E-state index contributed by atoms with van der Waals surface area (Å²) in [6.07, 6.45) is 3.64. The van der Waals surface area contributed by atoms with Gasteiger partial charge in [-0.1, -0.05) is 36.9 Å². The predicted octanol–water partition coefficient (Wildman–Crippen LogP) is 3.76. The van der Waals surface area contributed by atoms with E-state index in [2.05, 4.69) is 49.1 Å². The van der Waals surface area contributed by atoms with Crippen LogP contribution in [0.5, 0.6) is 5.75 Å². The number of carbonyl (C=O) groups is 1. The quantitative estimate of drug-likeness (QED) is 0.378. The molecule has 1 unspecified atom stereocenters. The van der Waals surface area contributed by atoms with E-state index < -0.39 is 0 Å². The van der Waals surface area contributed by atoms with Gasteiger partial charge in [0.15, 0.2) is 5.82 Å². The van der Waals surface area contributed by atoms with Crippen molar-refractivity contribution in [3.63, 3.8) is 0 Å². The molecule has 214 valence electrons. The summed E-state index contributed by atoms with van der Waals surface area (Å²) in [4.78, 5) is 32.0. The van der Waals surface area contributed by atoms with Gasteiger partial charge in [0.2, 0.25) is 5.91 Å². The maximum atomic E-state index is 12.4. The summed E-state index contributed by atoms with van der Waals surface area (Å²) < 4.78 is 11.2. The standard InChI is InChI=1S/C30H35N7O4/c1-3-30(38)34-23-15-24(27(39-2)16-26(23)36-12-10-35(11-13-36)22-18-40-19-22)33-28-17-29(32-20-31-28)37-25(9-14-41-37)21-7-5-4-6-8-21/h3-8,15-17,20,22,25H,1,9-14,18-19H2,2H3,(H,34,38)(H,31,32,33). The van der Waals surface area contributed by atoms with E-state index in [0.29, 0.717) is 41.4 Å². The van der Waals surface area contributed by atoms with Crippen molar-refractivity contribution in [2.45, 2.75) is 18.5 Å². The number of anilines is 5. The van der Waals surface area contributed by atoms with E-state index in [0.717, 1.165) is 51.5 Å². The molecule has 3 aliphatic rings. The van der Waals surface area contributed by atoms with Crippen molar-refractivity contribution < 1.29 is 19.1 Å². The van der Waals surface area contributed by atoms with E-state index in [4.69, 9.17) is 14.3 Å². The number of benzene rings is 2. The van der Waals surface area contributed by atoms with Crippen molar-refractivity contribution >= 4 is 34.6 Å². The Kier molecular flexibility index (Phi) is 7.99. The van der Waals surface area contributed by atoms with Crippen LogP contribution in [0.25, 0.3) is 0 Å². The maximum absolute atomic E-state index is 12.4. The molecule has 41 heavy (non-hydrogen) atoms. The number of amides is 1. The Labute approximate surface area is 239 Å². The van der Waals surface area contributed by atoms with Gasteiger partial charge in [-0.15, -0.1) is 0 Å². The van der Waals surface area contributed by atoms with Crippen LogP contribution in [0.1, 0.15) is 18.0 Å². The van der Waals surface area contributed by atoms with Crippen LogP contribution >= 0.6 is 0 Å². The number of nitrogens with one attached hydrogen (secondary N) is 2. The van der Waals surface area contributed by atoms with Gasteiger partial charge in [-0.2, -0.15) is 0 Å². The first kappa shape index (κ1) is 27.0. The molecule has 0 bridgehead atoms. The molecular formula is C30H35N7O4. The molecule has 3 fully saturated rings. The first-order valence-corrected chi connectivity index (χ1v) is 13.9. The molecule has 3 saturated heterocycles. The molecule has 6 rings (SSSR count). The van der Waals surface area contributed by atoms with Crippen LogP contribution < -0.4 is 25.3 Å². The third kappa shape index (κ3) is 5.83. The predicted molar refractivity (Wildman–Crippen MR) is 158 cm³/mol. The second-order valence-corrected chi connectivity index (χ2v) is 10.2. The third-order valence-corrected chi connectivity index (χ3v) is 7.78. The summed E-state index contributed by atoms with van der Waals surface area (Å²) >= 11 is 0. The van der Waals surface area contributed by atoms with Crippen LogP contribution in [0, 0.1) is 0 Å². The summed E-state index contributed by atoms with van der Waals surface area (Å²) in [6.45, 7) is 9.35. The van der Waals surface area contributed by atoms with E-state index in [9.17, 15) is 4.79 Å². The number of hydrogen-bond donors (Lipinski definition) is 2. The Morgan fingerprint density at radius 1 is 1.07 bits per heavy atom. The van der Waals surface area contributed by atoms with Crippen molar-refractivity contribution in [3.8, 4) is 5.75 Å². The van der Waals surface area contributed by atoms with Crippen LogP contribution in [0.3, 0.4) is 0 Å². The SMILES string of the molecule is C=CC(=O)Nc1cc(Nc2cc(N3OCCC3c3ccccc3)ncn2)c(OC)cc1N1CCN(C2COC2)CC1. The summed E-state index contributed by atoms with van der Waals surface area (Å²) in [5.41, 5.74) is 3.39. The lowest BCUT2D eigenvalue weighted by Gasteiger charge is -2.43. The molecule has 0 radical (unpaired) electrons. The van der Waals surface area contributed by atoms with Crippen LogP contribution in [-0.2, 0) is 14.4 Å². The van der Waals surface area contributed by atoms with Gasteiger partial charge in [0.1, 0.15) is 17.9 Å². The number of hydroxylamine groups is 1. The summed E-state index contributed by atoms with van der Waals surface area (Å²) in [5, 5.41) is 8.19. The maximum Gasteiger partial charge on any atom is 0.247 e. The van der Waals surface area contributed by atoms with Gasteiger partial charge in [0, 0.05) is 44.7 Å². The number of hydrogen-bond acceptors (Lipinski definition) is 10. The normalized spacial score (nSPS) is 19.5. The van der Waals surface area contributed by atoms with Crippen molar-refractivity contribution in [1.29, 1.82) is 0 Å². The zero-order valence-electron chi connectivity index (χ0n) is 23.2. The highest BCUT2D eigenvalue weighted by atomic mass is 16.7. The first-order valence-electron chi connectivity index (χ1n) is 13.9. The Balaban J connectivity index is 1.25. The number of methoxy groups -OCH3 is 1. The fourth-order valence-corrected chi connectivity index (χ4v) is 5.49. The molecule has 11 nitrogen and oxygen atoms in total. The lowest BCUT2D eigenvalue weighted by Crippen LogP contribution is -2.56. The Morgan fingerprint density at radius 2 is 1.88 bits per heavy atom. The highest BCUT2D eigenvalue weighted by Crippen LogP contribution is 2.40. The molecule has 11 heteroatoms. The topological polar surface area (TPSA) is 104 Å². The van der Waals surface area contributed by atoms with Crippen LogP contribution in [0.4, 0.5) is 28.7 Å². The summed E-state index contributed by atoms with van der Waals surface area (Å²) in [5.74, 6) is 1.57. The second-order valence-electron chi connectivity index (χ2n) is 10.2. The molecule has 1 amide bonds. The van der Waals surface area contributed by atoms with E-state index in [-0.39, 0.29) is 11.9 Å². The van der Waals surface area contributed by atoms with Crippen molar-refractivity contribution in [3.05, 3.63) is 73.1 Å². The van der Waals surface area contributed by atoms with Gasteiger partial charge in [0.05, 0.1) is 56.1 Å². The van der Waals surface area contributed by atoms with Gasteiger partial charge < -0.3 is 25.0 Å². The highest BCUT2D eigenvalue weighted by Gasteiger charge is 2.31. The van der Waals surface area contributed by atoms with Crippen molar-refractivity contribution in [1.82, 2.24) is 14.9 Å².